The van der Waals surface area contributed by atoms with Crippen LogP contribution in [0.15, 0.2) is 109 Å². The lowest BCUT2D eigenvalue weighted by Gasteiger charge is -2.09. The first kappa shape index (κ1) is 21.0. The van der Waals surface area contributed by atoms with E-state index in [4.69, 9.17) is 9.47 Å². The summed E-state index contributed by atoms with van der Waals surface area (Å²) in [5, 5.41) is 18.9. The van der Waals surface area contributed by atoms with Crippen molar-refractivity contribution in [1.82, 2.24) is 9.97 Å². The van der Waals surface area contributed by atoms with E-state index in [-0.39, 0.29) is 11.5 Å². The highest BCUT2D eigenvalue weighted by atomic mass is 16.5. The lowest BCUT2D eigenvalue weighted by molar-refractivity contribution is 0.422. The Morgan fingerprint density at radius 1 is 0.441 bits per heavy atom. The molecule has 6 nitrogen and oxygen atoms in total. The normalized spacial score (nSPS) is 10.6. The van der Waals surface area contributed by atoms with E-state index in [2.05, 4.69) is 9.97 Å². The number of nitrogens with zero attached hydrogens (tertiary/aromatic N) is 2. The van der Waals surface area contributed by atoms with Gasteiger partial charge in [-0.05, 0) is 70.8 Å². The Bertz CT molecular complexity index is 1280. The van der Waals surface area contributed by atoms with Crippen LogP contribution in [0.5, 0.6) is 34.8 Å². The molecule has 0 aliphatic heterocycles. The van der Waals surface area contributed by atoms with Crippen LogP contribution < -0.4 is 9.47 Å². The fraction of sp³-hybridized carbons (Fsp3) is 0. The average molecular weight is 448 g/mol. The Kier molecular flexibility index (Phi) is 5.78. The number of hydrogen-bond acceptors (Lipinski definition) is 6. The van der Waals surface area contributed by atoms with Gasteiger partial charge in [0.15, 0.2) is 0 Å². The predicted octanol–water partition coefficient (Wildman–Crippen LogP) is 6.81. The summed E-state index contributed by atoms with van der Waals surface area (Å²) in [7, 11) is 0. The molecule has 0 saturated heterocycles. The summed E-state index contributed by atoms with van der Waals surface area (Å²) in [6.45, 7) is 0. The van der Waals surface area contributed by atoms with Crippen LogP contribution in [0.4, 0.5) is 0 Å². The molecule has 1 aromatic heterocycles. The van der Waals surface area contributed by atoms with Gasteiger partial charge in [-0.2, -0.15) is 4.98 Å². The summed E-state index contributed by atoms with van der Waals surface area (Å²) in [4.78, 5) is 8.55. The zero-order valence-corrected chi connectivity index (χ0v) is 18.0. The minimum Gasteiger partial charge on any atom is -0.508 e. The first-order valence-corrected chi connectivity index (χ1v) is 10.6. The van der Waals surface area contributed by atoms with E-state index in [1.54, 1.807) is 24.3 Å². The molecule has 5 aromatic rings. The van der Waals surface area contributed by atoms with Crippen LogP contribution in [0.3, 0.4) is 0 Å². The van der Waals surface area contributed by atoms with Gasteiger partial charge in [0.05, 0.1) is 12.4 Å². The van der Waals surface area contributed by atoms with Gasteiger partial charge >= 0.3 is 0 Å². The van der Waals surface area contributed by atoms with Gasteiger partial charge in [-0.3, -0.25) is 4.98 Å². The molecular formula is C28H20N2O4. The maximum absolute atomic E-state index is 9.44. The second kappa shape index (κ2) is 9.34. The molecule has 1 heterocycles. The summed E-state index contributed by atoms with van der Waals surface area (Å²) >= 11 is 0. The van der Waals surface area contributed by atoms with Crippen molar-refractivity contribution in [1.29, 1.82) is 0 Å². The number of hydrogen-bond donors (Lipinski definition) is 2. The molecule has 6 heteroatoms. The average Bonchev–Trinajstić information content (AvgIpc) is 2.86. The van der Waals surface area contributed by atoms with Crippen LogP contribution in [0.1, 0.15) is 0 Å². The molecule has 0 aliphatic carbocycles. The molecule has 0 unspecified atom stereocenters. The van der Waals surface area contributed by atoms with Crippen LogP contribution in [0, 0.1) is 0 Å². The molecule has 0 saturated carbocycles. The zero-order valence-electron chi connectivity index (χ0n) is 18.0. The minimum absolute atomic E-state index is 0.234. The first-order valence-electron chi connectivity index (χ1n) is 10.6. The zero-order chi connectivity index (χ0) is 23.3. The highest BCUT2D eigenvalue weighted by molar-refractivity contribution is 5.65. The van der Waals surface area contributed by atoms with Crippen LogP contribution >= 0.6 is 0 Å². The van der Waals surface area contributed by atoms with Gasteiger partial charge in [-0.25, -0.2) is 0 Å². The fourth-order valence-corrected chi connectivity index (χ4v) is 3.41. The fourth-order valence-electron chi connectivity index (χ4n) is 3.41. The number of phenols is 2. The SMILES string of the molecule is Oc1ccc(-c2ccc(Oc3cncc(Oc4ccc(-c5ccc(O)cc5)cc4)n3)cc2)cc1. The Morgan fingerprint density at radius 3 is 1.12 bits per heavy atom. The van der Waals surface area contributed by atoms with E-state index >= 15 is 0 Å². The third-order valence-corrected chi connectivity index (χ3v) is 5.15. The van der Waals surface area contributed by atoms with E-state index in [0.717, 1.165) is 22.3 Å². The molecule has 4 aromatic carbocycles. The third-order valence-electron chi connectivity index (χ3n) is 5.15. The van der Waals surface area contributed by atoms with Gasteiger partial charge in [0.2, 0.25) is 11.8 Å². The number of benzene rings is 4. The summed E-state index contributed by atoms with van der Waals surface area (Å²) < 4.78 is 11.7. The van der Waals surface area contributed by atoms with Crippen LogP contribution in [-0.4, -0.2) is 20.2 Å². The molecule has 0 radical (unpaired) electrons. The van der Waals surface area contributed by atoms with Crippen molar-refractivity contribution in [2.45, 2.75) is 0 Å². The Labute approximate surface area is 196 Å². The molecule has 0 atom stereocenters. The van der Waals surface area contributed by atoms with Crippen LogP contribution in [0.25, 0.3) is 22.3 Å². The second-order valence-electron chi connectivity index (χ2n) is 7.54. The third kappa shape index (κ3) is 4.97. The van der Waals surface area contributed by atoms with E-state index < -0.39 is 0 Å². The van der Waals surface area contributed by atoms with Crippen molar-refractivity contribution in [3.05, 3.63) is 109 Å². The van der Waals surface area contributed by atoms with Gasteiger partial charge < -0.3 is 19.7 Å². The standard InChI is InChI=1S/C28H20N2O4/c31-23-9-1-19(2-10-23)21-5-13-25(14-6-21)33-27-17-29-18-28(30-27)34-26-15-7-22(8-16-26)20-3-11-24(32)12-4-20/h1-18,31-32H. The highest BCUT2D eigenvalue weighted by Gasteiger charge is 2.06. The molecule has 0 bridgehead atoms. The molecule has 0 spiro atoms. The van der Waals surface area contributed by atoms with Crippen molar-refractivity contribution in [2.24, 2.45) is 0 Å². The van der Waals surface area contributed by atoms with Gasteiger partial charge in [-0.1, -0.05) is 48.5 Å². The van der Waals surface area contributed by atoms with Crippen molar-refractivity contribution >= 4 is 0 Å². The summed E-state index contributed by atoms with van der Waals surface area (Å²) in [5.74, 6) is 2.33. The summed E-state index contributed by atoms with van der Waals surface area (Å²) in [6.07, 6.45) is 3.04. The Hall–Kier alpha value is -4.84. The topological polar surface area (TPSA) is 84.7 Å². The van der Waals surface area contributed by atoms with Crippen molar-refractivity contribution in [3.63, 3.8) is 0 Å². The molecule has 34 heavy (non-hydrogen) atoms. The van der Waals surface area contributed by atoms with Gasteiger partial charge in [0, 0.05) is 0 Å². The van der Waals surface area contributed by atoms with E-state index in [1.165, 1.54) is 12.4 Å². The lowest BCUT2D eigenvalue weighted by atomic mass is 10.1. The van der Waals surface area contributed by atoms with Gasteiger partial charge in [0.25, 0.3) is 0 Å². The Morgan fingerprint density at radius 2 is 0.765 bits per heavy atom. The van der Waals surface area contributed by atoms with E-state index in [1.807, 2.05) is 72.8 Å². The number of ether oxygens (including phenoxy) is 2. The number of phenolic OH excluding ortho intramolecular Hbond substituents is 2. The van der Waals surface area contributed by atoms with E-state index in [9.17, 15) is 10.2 Å². The molecule has 0 aliphatic rings. The van der Waals surface area contributed by atoms with Gasteiger partial charge in [-0.15, -0.1) is 0 Å². The smallest absolute Gasteiger partial charge is 0.241 e. The maximum Gasteiger partial charge on any atom is 0.241 e. The van der Waals surface area contributed by atoms with Crippen LogP contribution in [0.2, 0.25) is 0 Å². The molecule has 0 fully saturated rings. The molecule has 5 rings (SSSR count). The highest BCUT2D eigenvalue weighted by Crippen LogP contribution is 2.29. The van der Waals surface area contributed by atoms with Crippen molar-refractivity contribution in [2.75, 3.05) is 0 Å². The van der Waals surface area contributed by atoms with Crippen LogP contribution in [-0.2, 0) is 0 Å². The minimum atomic E-state index is 0.234. The first-order chi connectivity index (χ1) is 16.6. The number of aromatic nitrogens is 2. The largest absolute Gasteiger partial charge is 0.508 e. The monoisotopic (exact) mass is 448 g/mol. The maximum atomic E-state index is 9.44. The summed E-state index contributed by atoms with van der Waals surface area (Å²) in [5.41, 5.74) is 4.00. The Balaban J connectivity index is 1.25. The van der Waals surface area contributed by atoms with E-state index in [0.29, 0.717) is 23.3 Å². The molecule has 2 N–H and O–H groups in total. The number of rotatable bonds is 6. The van der Waals surface area contributed by atoms with Gasteiger partial charge in [0.1, 0.15) is 23.0 Å². The second-order valence-corrected chi connectivity index (χ2v) is 7.54. The molecular weight excluding hydrogens is 428 g/mol. The number of aromatic hydroxyl groups is 2. The lowest BCUT2D eigenvalue weighted by Crippen LogP contribution is -1.93. The summed E-state index contributed by atoms with van der Waals surface area (Å²) in [6, 6.07) is 29.2. The molecule has 166 valence electrons. The van der Waals surface area contributed by atoms with Crippen molar-refractivity contribution < 1.29 is 19.7 Å². The predicted molar refractivity (Wildman–Crippen MR) is 129 cm³/mol. The quantitative estimate of drug-likeness (QED) is 0.297. The van der Waals surface area contributed by atoms with Crippen molar-refractivity contribution in [3.8, 4) is 57.0 Å². The molecule has 0 amide bonds.